The topological polar surface area (TPSA) is 52.6 Å². The van der Waals surface area contributed by atoms with Crippen LogP contribution in [0.4, 0.5) is 0 Å². The van der Waals surface area contributed by atoms with Gasteiger partial charge in [0.05, 0.1) is 19.1 Å². The first-order chi connectivity index (χ1) is 8.74. The molecule has 0 aromatic rings. The van der Waals surface area contributed by atoms with Crippen molar-refractivity contribution in [2.75, 3.05) is 13.2 Å². The molecule has 0 radical (unpaired) electrons. The highest BCUT2D eigenvalue weighted by atomic mass is 16.5. The molecule has 0 aromatic heterocycles. The summed E-state index contributed by atoms with van der Waals surface area (Å²) in [5, 5.41) is 0. The van der Waals surface area contributed by atoms with Gasteiger partial charge in [-0.05, 0) is 25.7 Å². The second-order valence-electron chi connectivity index (χ2n) is 4.58. The summed E-state index contributed by atoms with van der Waals surface area (Å²) in [6.07, 6.45) is 8.02. The molecule has 0 aliphatic heterocycles. The summed E-state index contributed by atoms with van der Waals surface area (Å²) in [4.78, 5) is 22.4. The number of unbranched alkanes of at least 4 members (excludes halogenated alkanes) is 1. The van der Waals surface area contributed by atoms with Gasteiger partial charge < -0.3 is 9.47 Å². The fraction of sp³-hybridized carbons (Fsp3) is 0.714. The Kier molecular flexibility index (Phi) is 7.14. The quantitative estimate of drug-likeness (QED) is 0.398. The molecule has 1 fully saturated rings. The van der Waals surface area contributed by atoms with Gasteiger partial charge in [-0.15, -0.1) is 0 Å². The standard InChI is InChI=1S/C14H22O4/c1-2-13(15)17-10-6-7-11-18-14(16)12-8-4-3-5-9-12/h2,12H,1,3-11H2. The highest BCUT2D eigenvalue weighted by Crippen LogP contribution is 2.24. The Balaban J connectivity index is 1.98. The molecular formula is C14H22O4. The molecule has 0 aromatic carbocycles. The third-order valence-corrected chi connectivity index (χ3v) is 3.13. The largest absolute Gasteiger partial charge is 0.465 e. The predicted octanol–water partition coefficient (Wildman–Crippen LogP) is 2.62. The normalized spacial score (nSPS) is 16.0. The smallest absolute Gasteiger partial charge is 0.330 e. The molecule has 0 heterocycles. The lowest BCUT2D eigenvalue weighted by Gasteiger charge is -2.19. The number of ether oxygens (including phenoxy) is 2. The van der Waals surface area contributed by atoms with E-state index in [0.29, 0.717) is 19.6 Å². The lowest BCUT2D eigenvalue weighted by atomic mass is 9.89. The summed E-state index contributed by atoms with van der Waals surface area (Å²) < 4.78 is 10.0. The number of carbonyl (C=O) groups is 2. The zero-order valence-corrected chi connectivity index (χ0v) is 10.9. The maximum absolute atomic E-state index is 11.7. The van der Waals surface area contributed by atoms with Gasteiger partial charge in [-0.3, -0.25) is 4.79 Å². The van der Waals surface area contributed by atoms with Gasteiger partial charge in [0.1, 0.15) is 0 Å². The minimum absolute atomic E-state index is 0.0576. The molecule has 0 saturated heterocycles. The zero-order chi connectivity index (χ0) is 13.2. The van der Waals surface area contributed by atoms with E-state index in [9.17, 15) is 9.59 Å². The van der Waals surface area contributed by atoms with E-state index in [1.54, 1.807) is 0 Å². The maximum Gasteiger partial charge on any atom is 0.330 e. The highest BCUT2D eigenvalue weighted by Gasteiger charge is 2.21. The van der Waals surface area contributed by atoms with Gasteiger partial charge >= 0.3 is 11.9 Å². The van der Waals surface area contributed by atoms with Crippen molar-refractivity contribution in [1.82, 2.24) is 0 Å². The summed E-state index contributed by atoms with van der Waals surface area (Å²) in [6, 6.07) is 0. The molecule has 18 heavy (non-hydrogen) atoms. The van der Waals surface area contributed by atoms with Crippen molar-refractivity contribution in [3.05, 3.63) is 12.7 Å². The van der Waals surface area contributed by atoms with Crippen molar-refractivity contribution in [2.45, 2.75) is 44.9 Å². The Labute approximate surface area is 108 Å². The van der Waals surface area contributed by atoms with Gasteiger partial charge in [-0.1, -0.05) is 25.8 Å². The van der Waals surface area contributed by atoms with Crippen molar-refractivity contribution < 1.29 is 19.1 Å². The predicted molar refractivity (Wildman–Crippen MR) is 67.9 cm³/mol. The van der Waals surface area contributed by atoms with Crippen molar-refractivity contribution in [1.29, 1.82) is 0 Å². The van der Waals surface area contributed by atoms with Gasteiger partial charge in [-0.25, -0.2) is 4.79 Å². The molecule has 4 nitrogen and oxygen atoms in total. The van der Waals surface area contributed by atoms with E-state index < -0.39 is 5.97 Å². The monoisotopic (exact) mass is 254 g/mol. The first-order valence-corrected chi connectivity index (χ1v) is 6.70. The van der Waals surface area contributed by atoms with Crippen LogP contribution in [-0.4, -0.2) is 25.2 Å². The second kappa shape index (κ2) is 8.72. The Hall–Kier alpha value is -1.32. The summed E-state index contributed by atoms with van der Waals surface area (Å²) in [6.45, 7) is 4.08. The van der Waals surface area contributed by atoms with Crippen LogP contribution in [0.3, 0.4) is 0 Å². The molecule has 1 saturated carbocycles. The molecule has 0 amide bonds. The van der Waals surface area contributed by atoms with Crippen molar-refractivity contribution in [2.24, 2.45) is 5.92 Å². The van der Waals surface area contributed by atoms with Crippen LogP contribution in [-0.2, 0) is 19.1 Å². The SMILES string of the molecule is C=CC(=O)OCCCCOC(=O)C1CCCCC1. The van der Waals surface area contributed by atoms with E-state index in [2.05, 4.69) is 6.58 Å². The Morgan fingerprint density at radius 3 is 2.28 bits per heavy atom. The van der Waals surface area contributed by atoms with Gasteiger partial charge in [0.25, 0.3) is 0 Å². The van der Waals surface area contributed by atoms with Crippen molar-refractivity contribution in [3.63, 3.8) is 0 Å². The van der Waals surface area contributed by atoms with E-state index >= 15 is 0 Å². The molecule has 0 N–H and O–H groups in total. The molecule has 1 aliphatic carbocycles. The molecule has 0 bridgehead atoms. The molecule has 0 unspecified atom stereocenters. The van der Waals surface area contributed by atoms with Gasteiger partial charge in [0.15, 0.2) is 0 Å². The first-order valence-electron chi connectivity index (χ1n) is 6.70. The summed E-state index contributed by atoms with van der Waals surface area (Å²) in [5.41, 5.74) is 0. The summed E-state index contributed by atoms with van der Waals surface area (Å²) in [7, 11) is 0. The average molecular weight is 254 g/mol. The molecular weight excluding hydrogens is 232 g/mol. The lowest BCUT2D eigenvalue weighted by Crippen LogP contribution is -2.20. The van der Waals surface area contributed by atoms with Crippen LogP contribution < -0.4 is 0 Å². The third-order valence-electron chi connectivity index (χ3n) is 3.13. The van der Waals surface area contributed by atoms with Crippen LogP contribution in [0.5, 0.6) is 0 Å². The Bertz CT molecular complexity index is 280. The average Bonchev–Trinajstić information content (AvgIpc) is 2.43. The van der Waals surface area contributed by atoms with Gasteiger partial charge in [0.2, 0.25) is 0 Å². The molecule has 102 valence electrons. The fourth-order valence-electron chi connectivity index (χ4n) is 2.06. The number of esters is 2. The minimum atomic E-state index is -0.408. The van der Waals surface area contributed by atoms with E-state index in [0.717, 1.165) is 38.2 Å². The van der Waals surface area contributed by atoms with Crippen molar-refractivity contribution >= 4 is 11.9 Å². The summed E-state index contributed by atoms with van der Waals surface area (Å²) >= 11 is 0. The van der Waals surface area contributed by atoms with Crippen LogP contribution >= 0.6 is 0 Å². The minimum Gasteiger partial charge on any atom is -0.465 e. The molecule has 4 heteroatoms. The van der Waals surface area contributed by atoms with E-state index in [4.69, 9.17) is 9.47 Å². The van der Waals surface area contributed by atoms with Crippen LogP contribution in [0.15, 0.2) is 12.7 Å². The Morgan fingerprint density at radius 2 is 1.67 bits per heavy atom. The van der Waals surface area contributed by atoms with Crippen molar-refractivity contribution in [3.8, 4) is 0 Å². The number of hydrogen-bond donors (Lipinski definition) is 0. The fourth-order valence-corrected chi connectivity index (χ4v) is 2.06. The first kappa shape index (κ1) is 14.7. The molecule has 0 spiro atoms. The van der Waals surface area contributed by atoms with E-state index in [-0.39, 0.29) is 11.9 Å². The van der Waals surface area contributed by atoms with Crippen LogP contribution in [0.2, 0.25) is 0 Å². The third kappa shape index (κ3) is 5.84. The summed E-state index contributed by atoms with van der Waals surface area (Å²) in [5.74, 6) is -0.357. The molecule has 1 rings (SSSR count). The van der Waals surface area contributed by atoms with Gasteiger partial charge in [-0.2, -0.15) is 0 Å². The number of carbonyl (C=O) groups excluding carboxylic acids is 2. The number of rotatable bonds is 7. The zero-order valence-electron chi connectivity index (χ0n) is 10.9. The maximum atomic E-state index is 11.7. The second-order valence-corrected chi connectivity index (χ2v) is 4.58. The molecule has 1 aliphatic rings. The lowest BCUT2D eigenvalue weighted by molar-refractivity contribution is -0.150. The van der Waals surface area contributed by atoms with Gasteiger partial charge in [0, 0.05) is 6.08 Å². The van der Waals surface area contributed by atoms with Crippen LogP contribution in [0.25, 0.3) is 0 Å². The molecule has 0 atom stereocenters. The van der Waals surface area contributed by atoms with E-state index in [1.807, 2.05) is 0 Å². The van der Waals surface area contributed by atoms with Crippen LogP contribution in [0, 0.1) is 5.92 Å². The Morgan fingerprint density at radius 1 is 1.06 bits per heavy atom. The number of hydrogen-bond acceptors (Lipinski definition) is 4. The highest BCUT2D eigenvalue weighted by molar-refractivity contribution is 5.81. The van der Waals surface area contributed by atoms with E-state index in [1.165, 1.54) is 6.42 Å². The van der Waals surface area contributed by atoms with Crippen LogP contribution in [0.1, 0.15) is 44.9 Å².